The summed E-state index contributed by atoms with van der Waals surface area (Å²) in [4.78, 5) is 25.3. The van der Waals surface area contributed by atoms with E-state index in [0.717, 1.165) is 10.0 Å². The molecule has 3 aromatic rings. The van der Waals surface area contributed by atoms with Gasteiger partial charge in [-0.3, -0.25) is 9.59 Å². The van der Waals surface area contributed by atoms with Crippen molar-refractivity contribution in [3.05, 3.63) is 92.3 Å². The van der Waals surface area contributed by atoms with Gasteiger partial charge in [-0.1, -0.05) is 46.3 Å². The number of nitrogens with zero attached hydrogens (tertiary/aromatic N) is 1. The molecule has 0 atom stereocenters. The molecule has 0 saturated carbocycles. The minimum Gasteiger partial charge on any atom is -0.354 e. The highest BCUT2D eigenvalue weighted by molar-refractivity contribution is 9.10. The van der Waals surface area contributed by atoms with Crippen molar-refractivity contribution in [1.29, 1.82) is 0 Å². The number of rotatable bonds is 7. The van der Waals surface area contributed by atoms with Crippen LogP contribution in [-0.4, -0.2) is 25.4 Å². The lowest BCUT2D eigenvalue weighted by Crippen LogP contribution is -2.36. The topological polar surface area (TPSA) is 85.2 Å². The van der Waals surface area contributed by atoms with Crippen molar-refractivity contribution >= 4 is 31.7 Å². The second-order valence-electron chi connectivity index (χ2n) is 7.23. The van der Waals surface area contributed by atoms with Gasteiger partial charge >= 0.3 is 0 Å². The first kappa shape index (κ1) is 23.0. The highest BCUT2D eigenvalue weighted by atomic mass is 79.9. The lowest BCUT2D eigenvalue weighted by Gasteiger charge is -2.15. The lowest BCUT2D eigenvalue weighted by molar-refractivity contribution is -0.121. The standard InChI is InChI=1S/C23H23BrN2O4S/c1-16-14-17(2)26(15-21(27)25-13-12-18-6-4-3-5-7-18)23(28)22(16)31(29,30)20-10-8-19(24)9-11-20/h3-11,14H,12-13,15H2,1-2H3,(H,25,27). The predicted molar refractivity (Wildman–Crippen MR) is 123 cm³/mol. The Kier molecular flexibility index (Phi) is 7.12. The molecule has 6 nitrogen and oxygen atoms in total. The number of carbonyl (C=O) groups excluding carboxylic acids is 1. The van der Waals surface area contributed by atoms with Crippen molar-refractivity contribution in [2.45, 2.75) is 36.6 Å². The Morgan fingerprint density at radius 1 is 1.03 bits per heavy atom. The molecule has 1 amide bonds. The van der Waals surface area contributed by atoms with E-state index in [1.807, 2.05) is 30.3 Å². The van der Waals surface area contributed by atoms with E-state index in [9.17, 15) is 18.0 Å². The first-order valence-electron chi connectivity index (χ1n) is 9.72. The van der Waals surface area contributed by atoms with Gasteiger partial charge in [0.2, 0.25) is 15.7 Å². The van der Waals surface area contributed by atoms with Crippen LogP contribution in [0.15, 0.2) is 79.7 Å². The van der Waals surface area contributed by atoms with Gasteiger partial charge in [-0.15, -0.1) is 0 Å². The van der Waals surface area contributed by atoms with E-state index >= 15 is 0 Å². The van der Waals surface area contributed by atoms with E-state index in [1.54, 1.807) is 32.0 Å². The molecule has 1 aromatic heterocycles. The first-order chi connectivity index (χ1) is 14.7. The molecule has 31 heavy (non-hydrogen) atoms. The van der Waals surface area contributed by atoms with E-state index in [4.69, 9.17) is 0 Å². The Balaban J connectivity index is 1.84. The van der Waals surface area contributed by atoms with Gasteiger partial charge in [-0.2, -0.15) is 0 Å². The highest BCUT2D eigenvalue weighted by Gasteiger charge is 2.26. The van der Waals surface area contributed by atoms with Crippen LogP contribution in [0.25, 0.3) is 0 Å². The highest BCUT2D eigenvalue weighted by Crippen LogP contribution is 2.23. The van der Waals surface area contributed by atoms with Crippen molar-refractivity contribution in [2.24, 2.45) is 0 Å². The maximum atomic E-state index is 13.1. The van der Waals surface area contributed by atoms with Crippen molar-refractivity contribution in [3.63, 3.8) is 0 Å². The van der Waals surface area contributed by atoms with E-state index < -0.39 is 15.4 Å². The number of hydrogen-bond donors (Lipinski definition) is 1. The van der Waals surface area contributed by atoms with Crippen molar-refractivity contribution < 1.29 is 13.2 Å². The maximum Gasteiger partial charge on any atom is 0.270 e. The van der Waals surface area contributed by atoms with Gasteiger partial charge in [0.25, 0.3) is 5.56 Å². The van der Waals surface area contributed by atoms with Crippen LogP contribution in [0.3, 0.4) is 0 Å². The molecule has 0 radical (unpaired) electrons. The quantitative estimate of drug-likeness (QED) is 0.536. The second-order valence-corrected chi connectivity index (χ2v) is 10.0. The number of carbonyl (C=O) groups is 1. The average molecular weight is 503 g/mol. The molecule has 0 aliphatic heterocycles. The fourth-order valence-corrected chi connectivity index (χ4v) is 5.17. The molecule has 0 fully saturated rings. The van der Waals surface area contributed by atoms with Gasteiger partial charge in [0.15, 0.2) is 0 Å². The number of aryl methyl sites for hydroxylation is 2. The third-order valence-electron chi connectivity index (χ3n) is 4.92. The van der Waals surface area contributed by atoms with Gasteiger partial charge in [0.05, 0.1) is 4.90 Å². The molecule has 162 valence electrons. The smallest absolute Gasteiger partial charge is 0.270 e. The molecule has 0 bridgehead atoms. The van der Waals surface area contributed by atoms with Crippen molar-refractivity contribution in [2.75, 3.05) is 6.54 Å². The monoisotopic (exact) mass is 502 g/mol. The molecule has 3 rings (SSSR count). The minimum absolute atomic E-state index is 0.0265. The fourth-order valence-electron chi connectivity index (χ4n) is 3.35. The zero-order valence-corrected chi connectivity index (χ0v) is 19.7. The van der Waals surface area contributed by atoms with Gasteiger partial charge in [-0.05, 0) is 61.7 Å². The Morgan fingerprint density at radius 2 is 1.68 bits per heavy atom. The molecule has 0 aliphatic rings. The van der Waals surface area contributed by atoms with Gasteiger partial charge in [-0.25, -0.2) is 8.42 Å². The normalized spacial score (nSPS) is 11.3. The second kappa shape index (κ2) is 9.62. The van der Waals surface area contributed by atoms with Crippen LogP contribution < -0.4 is 10.9 Å². The third kappa shape index (κ3) is 5.32. The van der Waals surface area contributed by atoms with E-state index in [2.05, 4.69) is 21.2 Å². The maximum absolute atomic E-state index is 13.1. The third-order valence-corrected chi connectivity index (χ3v) is 7.38. The summed E-state index contributed by atoms with van der Waals surface area (Å²) < 4.78 is 28.2. The van der Waals surface area contributed by atoms with Crippen LogP contribution in [-0.2, 0) is 27.6 Å². The summed E-state index contributed by atoms with van der Waals surface area (Å²) in [7, 11) is -4.03. The van der Waals surface area contributed by atoms with Crippen LogP contribution in [0.5, 0.6) is 0 Å². The zero-order chi connectivity index (χ0) is 22.6. The van der Waals surface area contributed by atoms with E-state index in [-0.39, 0.29) is 22.2 Å². The SMILES string of the molecule is Cc1cc(C)n(CC(=O)NCCc2ccccc2)c(=O)c1S(=O)(=O)c1ccc(Br)cc1. The molecule has 8 heteroatoms. The fraction of sp³-hybridized carbons (Fsp3) is 0.217. The van der Waals surface area contributed by atoms with Crippen molar-refractivity contribution in [3.8, 4) is 0 Å². The van der Waals surface area contributed by atoms with Crippen molar-refractivity contribution in [1.82, 2.24) is 9.88 Å². The lowest BCUT2D eigenvalue weighted by atomic mass is 10.1. The first-order valence-corrected chi connectivity index (χ1v) is 12.0. The molecular formula is C23H23BrN2O4S. The Morgan fingerprint density at radius 3 is 2.32 bits per heavy atom. The summed E-state index contributed by atoms with van der Waals surface area (Å²) in [6.45, 7) is 3.45. The summed E-state index contributed by atoms with van der Waals surface area (Å²) in [5.41, 5.74) is 1.27. The number of benzene rings is 2. The summed E-state index contributed by atoms with van der Waals surface area (Å²) in [5, 5.41) is 2.79. The number of hydrogen-bond acceptors (Lipinski definition) is 4. The number of nitrogens with one attached hydrogen (secondary N) is 1. The number of sulfone groups is 1. The van der Waals surface area contributed by atoms with Gasteiger partial charge in [0, 0.05) is 16.7 Å². The molecule has 1 heterocycles. The van der Waals surface area contributed by atoms with Crippen LogP contribution >= 0.6 is 15.9 Å². The molecule has 1 N–H and O–H groups in total. The number of pyridine rings is 1. The number of aromatic nitrogens is 1. The number of halogens is 1. The van der Waals surface area contributed by atoms with Gasteiger partial charge < -0.3 is 9.88 Å². The van der Waals surface area contributed by atoms with Gasteiger partial charge in [0.1, 0.15) is 11.4 Å². The molecule has 0 unspecified atom stereocenters. The molecule has 0 spiro atoms. The van der Waals surface area contributed by atoms with E-state index in [0.29, 0.717) is 24.2 Å². The van der Waals surface area contributed by atoms with Crippen LogP contribution in [0.4, 0.5) is 0 Å². The Labute approximate surface area is 190 Å². The van der Waals surface area contributed by atoms with Crippen LogP contribution in [0.1, 0.15) is 16.8 Å². The molecular weight excluding hydrogens is 480 g/mol. The Hall–Kier alpha value is -2.71. The average Bonchev–Trinajstić information content (AvgIpc) is 2.72. The molecule has 0 aliphatic carbocycles. The predicted octanol–water partition coefficient (Wildman–Crippen LogP) is 3.42. The largest absolute Gasteiger partial charge is 0.354 e. The number of amides is 1. The van der Waals surface area contributed by atoms with Crippen LogP contribution in [0.2, 0.25) is 0 Å². The van der Waals surface area contributed by atoms with E-state index in [1.165, 1.54) is 16.7 Å². The summed E-state index contributed by atoms with van der Waals surface area (Å²) in [6.07, 6.45) is 0.664. The Bertz CT molecular complexity index is 1250. The molecule has 0 saturated heterocycles. The summed E-state index contributed by atoms with van der Waals surface area (Å²) in [6, 6.07) is 17.4. The van der Waals surface area contributed by atoms with Crippen LogP contribution in [0, 0.1) is 13.8 Å². The zero-order valence-electron chi connectivity index (χ0n) is 17.3. The molecule has 2 aromatic carbocycles. The summed E-state index contributed by atoms with van der Waals surface area (Å²) >= 11 is 3.28. The summed E-state index contributed by atoms with van der Waals surface area (Å²) in [5.74, 6) is -0.350. The minimum atomic E-state index is -4.03.